The quantitative estimate of drug-likeness (QED) is 0.824. The average Bonchev–Trinajstić information content (AvgIpc) is 2.95. The number of carbonyl (C=O) groups is 1. The molecule has 118 valence electrons. The highest BCUT2D eigenvalue weighted by Crippen LogP contribution is 2.14. The first-order chi connectivity index (χ1) is 10.6. The molecule has 22 heavy (non-hydrogen) atoms. The standard InChI is InChI=1S/C16H20FN3O2/c1-11(2)15-7-13(20-22-15)9-18-10-16(21)19-8-12-5-3-4-6-14(12)17/h3-7,11,18H,8-10H2,1-2H3,(H,19,21). The van der Waals surface area contributed by atoms with Gasteiger partial charge in [0, 0.05) is 30.6 Å². The summed E-state index contributed by atoms with van der Waals surface area (Å²) in [4.78, 5) is 11.7. The summed E-state index contributed by atoms with van der Waals surface area (Å²) in [6.45, 7) is 4.80. The van der Waals surface area contributed by atoms with Crippen LogP contribution in [-0.2, 0) is 17.9 Å². The molecule has 2 rings (SSSR count). The highest BCUT2D eigenvalue weighted by Gasteiger charge is 2.08. The molecule has 0 aliphatic rings. The fourth-order valence-corrected chi connectivity index (χ4v) is 1.89. The van der Waals surface area contributed by atoms with Gasteiger partial charge in [-0.15, -0.1) is 0 Å². The lowest BCUT2D eigenvalue weighted by Gasteiger charge is -2.06. The Bertz CT molecular complexity index is 625. The molecule has 0 radical (unpaired) electrons. The van der Waals surface area contributed by atoms with Crippen molar-refractivity contribution >= 4 is 5.91 Å². The van der Waals surface area contributed by atoms with Crippen LogP contribution < -0.4 is 10.6 Å². The van der Waals surface area contributed by atoms with Gasteiger partial charge in [-0.05, 0) is 6.07 Å². The maximum absolute atomic E-state index is 13.4. The minimum Gasteiger partial charge on any atom is -0.361 e. The maximum atomic E-state index is 13.4. The number of amides is 1. The predicted molar refractivity (Wildman–Crippen MR) is 80.5 cm³/mol. The Balaban J connectivity index is 1.70. The summed E-state index contributed by atoms with van der Waals surface area (Å²) >= 11 is 0. The van der Waals surface area contributed by atoms with E-state index in [1.807, 2.05) is 19.9 Å². The molecule has 0 bridgehead atoms. The normalized spacial score (nSPS) is 10.9. The van der Waals surface area contributed by atoms with Crippen LogP contribution in [0.4, 0.5) is 4.39 Å². The van der Waals surface area contributed by atoms with Crippen molar-refractivity contribution in [2.24, 2.45) is 0 Å². The Morgan fingerprint density at radius 1 is 1.32 bits per heavy atom. The molecule has 0 fully saturated rings. The molecule has 0 aliphatic heterocycles. The summed E-state index contributed by atoms with van der Waals surface area (Å²) in [7, 11) is 0. The van der Waals surface area contributed by atoms with E-state index in [0.29, 0.717) is 12.1 Å². The number of aromatic nitrogens is 1. The van der Waals surface area contributed by atoms with Crippen molar-refractivity contribution in [3.63, 3.8) is 0 Å². The first-order valence-electron chi connectivity index (χ1n) is 7.22. The van der Waals surface area contributed by atoms with Crippen molar-refractivity contribution < 1.29 is 13.7 Å². The van der Waals surface area contributed by atoms with Gasteiger partial charge in [0.1, 0.15) is 11.6 Å². The van der Waals surface area contributed by atoms with Crippen molar-refractivity contribution in [2.75, 3.05) is 6.54 Å². The summed E-state index contributed by atoms with van der Waals surface area (Å²) in [5.74, 6) is 0.585. The third-order valence-electron chi connectivity index (χ3n) is 3.17. The molecule has 1 amide bonds. The number of benzene rings is 1. The highest BCUT2D eigenvalue weighted by atomic mass is 19.1. The first-order valence-corrected chi connectivity index (χ1v) is 7.22. The first kappa shape index (κ1) is 16.2. The molecule has 0 saturated carbocycles. The van der Waals surface area contributed by atoms with E-state index in [1.165, 1.54) is 6.07 Å². The second-order valence-electron chi connectivity index (χ2n) is 5.35. The van der Waals surface area contributed by atoms with Crippen molar-refractivity contribution in [3.05, 3.63) is 53.2 Å². The second-order valence-corrected chi connectivity index (χ2v) is 5.35. The lowest BCUT2D eigenvalue weighted by atomic mass is 10.1. The van der Waals surface area contributed by atoms with Gasteiger partial charge in [-0.2, -0.15) is 0 Å². The maximum Gasteiger partial charge on any atom is 0.234 e. The van der Waals surface area contributed by atoms with Crippen molar-refractivity contribution in [3.8, 4) is 0 Å². The van der Waals surface area contributed by atoms with Crippen molar-refractivity contribution in [1.82, 2.24) is 15.8 Å². The van der Waals surface area contributed by atoms with Gasteiger partial charge in [0.15, 0.2) is 0 Å². The molecule has 1 aromatic heterocycles. The molecular formula is C16H20FN3O2. The zero-order chi connectivity index (χ0) is 15.9. The Morgan fingerprint density at radius 2 is 2.09 bits per heavy atom. The van der Waals surface area contributed by atoms with Gasteiger partial charge in [-0.1, -0.05) is 37.2 Å². The lowest BCUT2D eigenvalue weighted by Crippen LogP contribution is -2.33. The van der Waals surface area contributed by atoms with Crippen LogP contribution >= 0.6 is 0 Å². The summed E-state index contributed by atoms with van der Waals surface area (Å²) in [6, 6.07) is 8.24. The molecule has 0 atom stereocenters. The molecule has 6 heteroatoms. The molecule has 1 heterocycles. The topological polar surface area (TPSA) is 67.2 Å². The number of nitrogens with one attached hydrogen (secondary N) is 2. The lowest BCUT2D eigenvalue weighted by molar-refractivity contribution is -0.120. The molecular weight excluding hydrogens is 285 g/mol. The fraction of sp³-hybridized carbons (Fsp3) is 0.375. The van der Waals surface area contributed by atoms with E-state index in [4.69, 9.17) is 4.52 Å². The molecule has 0 unspecified atom stereocenters. The zero-order valence-corrected chi connectivity index (χ0v) is 12.7. The van der Waals surface area contributed by atoms with Crippen LogP contribution in [0.15, 0.2) is 34.9 Å². The number of nitrogens with zero attached hydrogens (tertiary/aromatic N) is 1. The summed E-state index contributed by atoms with van der Waals surface area (Å²) in [5, 5.41) is 9.56. The number of rotatable bonds is 7. The Labute approximate surface area is 128 Å². The number of halogens is 1. The molecule has 0 spiro atoms. The van der Waals surface area contributed by atoms with E-state index in [2.05, 4.69) is 15.8 Å². The number of hydrogen-bond donors (Lipinski definition) is 2. The van der Waals surface area contributed by atoms with Crippen molar-refractivity contribution in [2.45, 2.75) is 32.9 Å². The van der Waals surface area contributed by atoms with Gasteiger partial charge in [-0.3, -0.25) is 4.79 Å². The van der Waals surface area contributed by atoms with E-state index < -0.39 is 0 Å². The van der Waals surface area contributed by atoms with Crippen molar-refractivity contribution in [1.29, 1.82) is 0 Å². The third-order valence-corrected chi connectivity index (χ3v) is 3.17. The van der Waals surface area contributed by atoms with Gasteiger partial charge in [-0.25, -0.2) is 4.39 Å². The predicted octanol–water partition coefficient (Wildman–Crippen LogP) is 2.34. The second kappa shape index (κ2) is 7.70. The van der Waals surface area contributed by atoms with E-state index in [0.717, 1.165) is 11.5 Å². The largest absolute Gasteiger partial charge is 0.361 e. The summed E-state index contributed by atoms with van der Waals surface area (Å²) < 4.78 is 18.6. The fourth-order valence-electron chi connectivity index (χ4n) is 1.89. The van der Waals surface area contributed by atoms with Gasteiger partial charge >= 0.3 is 0 Å². The zero-order valence-electron chi connectivity index (χ0n) is 12.7. The van der Waals surface area contributed by atoms with Gasteiger partial charge in [0.05, 0.1) is 12.2 Å². The van der Waals surface area contributed by atoms with E-state index in [9.17, 15) is 9.18 Å². The molecule has 5 nitrogen and oxygen atoms in total. The Kier molecular flexibility index (Phi) is 5.66. The minimum atomic E-state index is -0.320. The van der Waals surface area contributed by atoms with Crippen LogP contribution in [0.2, 0.25) is 0 Å². The Morgan fingerprint density at radius 3 is 2.77 bits per heavy atom. The third kappa shape index (κ3) is 4.66. The van der Waals surface area contributed by atoms with E-state index in [1.54, 1.807) is 18.2 Å². The molecule has 1 aromatic carbocycles. The van der Waals surface area contributed by atoms with Gasteiger partial charge in [0.25, 0.3) is 0 Å². The van der Waals surface area contributed by atoms with Crippen LogP contribution in [-0.4, -0.2) is 17.6 Å². The Hall–Kier alpha value is -2.21. The van der Waals surface area contributed by atoms with Crippen LogP contribution in [0.5, 0.6) is 0 Å². The van der Waals surface area contributed by atoms with Gasteiger partial charge < -0.3 is 15.2 Å². The average molecular weight is 305 g/mol. The molecule has 0 saturated heterocycles. The SMILES string of the molecule is CC(C)c1cc(CNCC(=O)NCc2ccccc2F)no1. The number of hydrogen-bond acceptors (Lipinski definition) is 4. The van der Waals surface area contributed by atoms with E-state index in [-0.39, 0.29) is 30.7 Å². The molecule has 0 aliphatic carbocycles. The van der Waals surface area contributed by atoms with Crippen LogP contribution in [0.3, 0.4) is 0 Å². The summed E-state index contributed by atoms with van der Waals surface area (Å²) in [6.07, 6.45) is 0. The number of carbonyl (C=O) groups excluding carboxylic acids is 1. The summed E-state index contributed by atoms with van der Waals surface area (Å²) in [5.41, 5.74) is 1.22. The highest BCUT2D eigenvalue weighted by molar-refractivity contribution is 5.77. The minimum absolute atomic E-state index is 0.137. The monoisotopic (exact) mass is 305 g/mol. The molecule has 2 aromatic rings. The smallest absolute Gasteiger partial charge is 0.234 e. The van der Waals surface area contributed by atoms with E-state index >= 15 is 0 Å². The van der Waals surface area contributed by atoms with Gasteiger partial charge in [0.2, 0.25) is 5.91 Å². The van der Waals surface area contributed by atoms with Crippen LogP contribution in [0, 0.1) is 5.82 Å². The molecule has 2 N–H and O–H groups in total. The van der Waals surface area contributed by atoms with Crippen LogP contribution in [0.25, 0.3) is 0 Å². The van der Waals surface area contributed by atoms with Crippen LogP contribution in [0.1, 0.15) is 36.8 Å².